The van der Waals surface area contributed by atoms with Crippen LogP contribution in [0.4, 0.5) is 10.6 Å². The normalized spacial score (nSPS) is 15.8. The maximum Gasteiger partial charge on any atom is 0.408 e. The fourth-order valence-electron chi connectivity index (χ4n) is 2.62. The van der Waals surface area contributed by atoms with Gasteiger partial charge in [-0.05, 0) is 39.8 Å². The van der Waals surface area contributed by atoms with Gasteiger partial charge in [0.15, 0.2) is 0 Å². The predicted molar refractivity (Wildman–Crippen MR) is 96.6 cm³/mol. The van der Waals surface area contributed by atoms with E-state index < -0.39 is 17.7 Å². The Morgan fingerprint density at radius 3 is 2.42 bits per heavy atom. The number of nitriles is 1. The van der Waals surface area contributed by atoms with Crippen LogP contribution in [-0.2, 0) is 9.53 Å². The third-order valence-corrected chi connectivity index (χ3v) is 3.90. The Bertz CT molecular complexity index is 682. The summed E-state index contributed by atoms with van der Waals surface area (Å²) in [5.74, 6) is 0.652. The fourth-order valence-corrected chi connectivity index (χ4v) is 2.62. The molecule has 26 heavy (non-hydrogen) atoms. The van der Waals surface area contributed by atoms with Gasteiger partial charge in [-0.2, -0.15) is 5.26 Å². The van der Waals surface area contributed by atoms with Gasteiger partial charge in [-0.25, -0.2) is 9.78 Å². The molecular formula is C18H25N5O3. The molecule has 1 aromatic heterocycles. The number of nitrogens with one attached hydrogen (secondary N) is 1. The van der Waals surface area contributed by atoms with Crippen molar-refractivity contribution in [1.29, 1.82) is 5.26 Å². The summed E-state index contributed by atoms with van der Waals surface area (Å²) >= 11 is 0. The Hall–Kier alpha value is -2.82. The SMILES string of the molecule is C[C@@H](NC(=O)OC(C)(C)C)C(=O)N1CCN(c2ccc(C#N)cn2)CC1. The monoisotopic (exact) mass is 359 g/mol. The van der Waals surface area contributed by atoms with Crippen LogP contribution in [0, 0.1) is 11.3 Å². The van der Waals surface area contributed by atoms with Crippen molar-refractivity contribution in [2.45, 2.75) is 39.3 Å². The number of alkyl carbamates (subject to hydrolysis) is 1. The number of hydrogen-bond donors (Lipinski definition) is 1. The van der Waals surface area contributed by atoms with Gasteiger partial charge in [-0.15, -0.1) is 0 Å². The second-order valence-electron chi connectivity index (χ2n) is 7.20. The first kappa shape index (κ1) is 19.5. The molecule has 0 spiro atoms. The molecule has 0 aliphatic carbocycles. The molecule has 2 heterocycles. The number of ether oxygens (including phenoxy) is 1. The third kappa shape index (κ3) is 5.34. The zero-order chi connectivity index (χ0) is 19.3. The molecule has 1 N–H and O–H groups in total. The lowest BCUT2D eigenvalue weighted by Gasteiger charge is -2.36. The Morgan fingerprint density at radius 1 is 1.27 bits per heavy atom. The molecule has 0 saturated carbocycles. The van der Waals surface area contributed by atoms with Crippen molar-refractivity contribution in [2.75, 3.05) is 31.1 Å². The second kappa shape index (κ2) is 8.04. The number of aromatic nitrogens is 1. The van der Waals surface area contributed by atoms with Crippen molar-refractivity contribution in [3.8, 4) is 6.07 Å². The zero-order valence-electron chi connectivity index (χ0n) is 15.7. The number of carbonyl (C=O) groups excluding carboxylic acids is 2. The third-order valence-electron chi connectivity index (χ3n) is 3.90. The smallest absolute Gasteiger partial charge is 0.408 e. The molecule has 1 fully saturated rings. The van der Waals surface area contributed by atoms with E-state index in [9.17, 15) is 9.59 Å². The standard InChI is InChI=1S/C18H25N5O3/c1-13(21-17(25)26-18(2,3)4)16(24)23-9-7-22(8-10-23)15-6-5-14(11-19)12-20-15/h5-6,12-13H,7-10H2,1-4H3,(H,21,25)/t13-/m1/s1. The van der Waals surface area contributed by atoms with Gasteiger partial charge < -0.3 is 19.9 Å². The average Bonchev–Trinajstić information content (AvgIpc) is 2.59. The molecule has 2 amide bonds. The molecule has 2 rings (SSSR count). The molecule has 8 heteroatoms. The van der Waals surface area contributed by atoms with E-state index in [1.165, 1.54) is 0 Å². The molecule has 1 saturated heterocycles. The largest absolute Gasteiger partial charge is 0.444 e. The highest BCUT2D eigenvalue weighted by Crippen LogP contribution is 2.14. The van der Waals surface area contributed by atoms with E-state index in [2.05, 4.69) is 15.2 Å². The average molecular weight is 359 g/mol. The van der Waals surface area contributed by atoms with E-state index >= 15 is 0 Å². The summed E-state index contributed by atoms with van der Waals surface area (Å²) in [5.41, 5.74) is -0.0864. The highest BCUT2D eigenvalue weighted by atomic mass is 16.6. The van der Waals surface area contributed by atoms with Crippen molar-refractivity contribution in [3.05, 3.63) is 23.9 Å². The molecule has 1 atom stereocenters. The number of piperazine rings is 1. The van der Waals surface area contributed by atoms with Gasteiger partial charge in [0.25, 0.3) is 0 Å². The zero-order valence-corrected chi connectivity index (χ0v) is 15.7. The van der Waals surface area contributed by atoms with Crippen molar-refractivity contribution >= 4 is 17.8 Å². The molecule has 0 unspecified atom stereocenters. The van der Waals surface area contributed by atoms with E-state index in [0.717, 1.165) is 5.82 Å². The van der Waals surface area contributed by atoms with Crippen LogP contribution >= 0.6 is 0 Å². The molecule has 1 aromatic rings. The quantitative estimate of drug-likeness (QED) is 0.878. The number of hydrogen-bond acceptors (Lipinski definition) is 6. The Morgan fingerprint density at radius 2 is 1.92 bits per heavy atom. The van der Waals surface area contributed by atoms with Crippen molar-refractivity contribution in [1.82, 2.24) is 15.2 Å². The predicted octanol–water partition coefficient (Wildman–Crippen LogP) is 1.52. The lowest BCUT2D eigenvalue weighted by molar-refractivity contribution is -0.133. The van der Waals surface area contributed by atoms with Gasteiger partial charge in [0.2, 0.25) is 5.91 Å². The Labute approximate surface area is 153 Å². The van der Waals surface area contributed by atoms with E-state index in [-0.39, 0.29) is 5.91 Å². The van der Waals surface area contributed by atoms with Gasteiger partial charge in [-0.1, -0.05) is 0 Å². The molecule has 1 aliphatic rings. The summed E-state index contributed by atoms with van der Waals surface area (Å²) in [6.45, 7) is 9.34. The summed E-state index contributed by atoms with van der Waals surface area (Å²) in [6.07, 6.45) is 0.943. The summed E-state index contributed by atoms with van der Waals surface area (Å²) in [6, 6.07) is 4.93. The highest BCUT2D eigenvalue weighted by Gasteiger charge is 2.27. The molecule has 1 aliphatic heterocycles. The fraction of sp³-hybridized carbons (Fsp3) is 0.556. The molecule has 8 nitrogen and oxygen atoms in total. The minimum atomic E-state index is -0.649. The first-order valence-electron chi connectivity index (χ1n) is 8.59. The molecule has 140 valence electrons. The van der Waals surface area contributed by atoms with Gasteiger partial charge in [-0.3, -0.25) is 4.79 Å². The number of amides is 2. The number of pyridine rings is 1. The number of carbonyl (C=O) groups is 2. The first-order valence-corrected chi connectivity index (χ1v) is 8.59. The van der Waals surface area contributed by atoms with E-state index in [1.54, 1.807) is 44.9 Å². The van der Waals surface area contributed by atoms with Crippen LogP contribution < -0.4 is 10.2 Å². The summed E-state index contributed by atoms with van der Waals surface area (Å²) in [5, 5.41) is 11.4. The maximum absolute atomic E-state index is 12.5. The van der Waals surface area contributed by atoms with Crippen molar-refractivity contribution in [3.63, 3.8) is 0 Å². The second-order valence-corrected chi connectivity index (χ2v) is 7.20. The number of nitrogens with zero attached hydrogens (tertiary/aromatic N) is 4. The number of anilines is 1. The van der Waals surface area contributed by atoms with E-state index in [1.807, 2.05) is 12.1 Å². The van der Waals surface area contributed by atoms with Crippen molar-refractivity contribution in [2.24, 2.45) is 0 Å². The lowest BCUT2D eigenvalue weighted by Crippen LogP contribution is -2.54. The van der Waals surface area contributed by atoms with Gasteiger partial charge in [0, 0.05) is 32.4 Å². The van der Waals surface area contributed by atoms with Crippen LogP contribution in [-0.4, -0.2) is 59.7 Å². The number of rotatable bonds is 3. The van der Waals surface area contributed by atoms with Gasteiger partial charge >= 0.3 is 6.09 Å². The maximum atomic E-state index is 12.5. The van der Waals surface area contributed by atoms with Crippen LogP contribution in [0.3, 0.4) is 0 Å². The topological polar surface area (TPSA) is 98.6 Å². The minimum absolute atomic E-state index is 0.136. The highest BCUT2D eigenvalue weighted by molar-refractivity contribution is 5.85. The molecular weight excluding hydrogens is 334 g/mol. The van der Waals surface area contributed by atoms with Gasteiger partial charge in [0.05, 0.1) is 5.56 Å². The van der Waals surface area contributed by atoms with E-state index in [4.69, 9.17) is 10.00 Å². The van der Waals surface area contributed by atoms with Crippen LogP contribution in [0.1, 0.15) is 33.3 Å². The molecule has 0 aromatic carbocycles. The Kier molecular flexibility index (Phi) is 6.03. The summed E-state index contributed by atoms with van der Waals surface area (Å²) in [7, 11) is 0. The summed E-state index contributed by atoms with van der Waals surface area (Å²) < 4.78 is 5.18. The Balaban J connectivity index is 1.85. The first-order chi connectivity index (χ1) is 12.2. The molecule has 0 bridgehead atoms. The van der Waals surface area contributed by atoms with Crippen molar-refractivity contribution < 1.29 is 14.3 Å². The molecule has 0 radical (unpaired) electrons. The van der Waals surface area contributed by atoms with Crippen LogP contribution in [0.5, 0.6) is 0 Å². The lowest BCUT2D eigenvalue weighted by atomic mass is 10.2. The van der Waals surface area contributed by atoms with Crippen LogP contribution in [0.2, 0.25) is 0 Å². The van der Waals surface area contributed by atoms with Crippen LogP contribution in [0.25, 0.3) is 0 Å². The summed E-state index contributed by atoms with van der Waals surface area (Å²) in [4.78, 5) is 32.4. The van der Waals surface area contributed by atoms with Crippen LogP contribution in [0.15, 0.2) is 18.3 Å². The minimum Gasteiger partial charge on any atom is -0.444 e. The van der Waals surface area contributed by atoms with Gasteiger partial charge in [0.1, 0.15) is 23.5 Å². The van der Waals surface area contributed by atoms with E-state index in [0.29, 0.717) is 31.7 Å².